The monoisotopic (exact) mass is 227 g/mol. The summed E-state index contributed by atoms with van der Waals surface area (Å²) in [6.45, 7) is 7.90. The fourth-order valence-corrected chi connectivity index (χ4v) is 2.85. The van der Waals surface area contributed by atoms with Crippen LogP contribution in [0.4, 0.5) is 0 Å². The van der Waals surface area contributed by atoms with Gasteiger partial charge in [0.15, 0.2) is 0 Å². The Balaban J connectivity index is 2.47. The number of rotatable bonds is 6. The lowest BCUT2D eigenvalue weighted by Gasteiger charge is -2.41. The normalized spacial score (nSPS) is 26.6. The summed E-state index contributed by atoms with van der Waals surface area (Å²) < 4.78 is 5.30. The topological polar surface area (TPSA) is 21.3 Å². The molecule has 1 rings (SSSR count). The zero-order valence-electron chi connectivity index (χ0n) is 11.5. The molecule has 16 heavy (non-hydrogen) atoms. The molecule has 2 atom stereocenters. The Morgan fingerprint density at radius 1 is 1.38 bits per heavy atom. The smallest absolute Gasteiger partial charge is 0.0615 e. The minimum atomic E-state index is 0.456. The summed E-state index contributed by atoms with van der Waals surface area (Å²) in [7, 11) is 1.80. The van der Waals surface area contributed by atoms with Crippen LogP contribution in [0.25, 0.3) is 0 Å². The van der Waals surface area contributed by atoms with Crippen LogP contribution in [-0.4, -0.2) is 25.8 Å². The van der Waals surface area contributed by atoms with E-state index in [1.807, 2.05) is 0 Å². The molecular weight excluding hydrogens is 198 g/mol. The van der Waals surface area contributed by atoms with Crippen molar-refractivity contribution in [1.82, 2.24) is 5.32 Å². The van der Waals surface area contributed by atoms with E-state index in [-0.39, 0.29) is 0 Å². The van der Waals surface area contributed by atoms with Gasteiger partial charge in [-0.3, -0.25) is 0 Å². The molecule has 0 aromatic carbocycles. The summed E-state index contributed by atoms with van der Waals surface area (Å²) in [5.74, 6) is 0. The van der Waals surface area contributed by atoms with E-state index in [0.29, 0.717) is 17.5 Å². The summed E-state index contributed by atoms with van der Waals surface area (Å²) in [6.07, 6.45) is 7.92. The third-order valence-electron chi connectivity index (χ3n) is 3.95. The van der Waals surface area contributed by atoms with E-state index in [9.17, 15) is 0 Å². The van der Waals surface area contributed by atoms with E-state index >= 15 is 0 Å². The van der Waals surface area contributed by atoms with Gasteiger partial charge in [0.1, 0.15) is 0 Å². The summed E-state index contributed by atoms with van der Waals surface area (Å²) >= 11 is 0. The maximum atomic E-state index is 5.30. The van der Waals surface area contributed by atoms with Crippen LogP contribution in [0.15, 0.2) is 0 Å². The summed E-state index contributed by atoms with van der Waals surface area (Å²) in [6, 6.07) is 1.21. The lowest BCUT2D eigenvalue weighted by Crippen LogP contribution is -2.49. The molecule has 0 saturated heterocycles. The van der Waals surface area contributed by atoms with Gasteiger partial charge >= 0.3 is 0 Å². The second-order valence-corrected chi connectivity index (χ2v) is 5.89. The van der Waals surface area contributed by atoms with Crippen LogP contribution in [0.1, 0.15) is 59.3 Å². The van der Waals surface area contributed by atoms with Gasteiger partial charge in [0.25, 0.3) is 0 Å². The highest BCUT2D eigenvalue weighted by Gasteiger charge is 2.33. The number of hydrogen-bond donors (Lipinski definition) is 1. The van der Waals surface area contributed by atoms with Crippen molar-refractivity contribution in [3.63, 3.8) is 0 Å². The molecular formula is C14H29NO. The lowest BCUT2D eigenvalue weighted by atomic mass is 9.73. The molecule has 0 bridgehead atoms. The Labute approximate surface area is 101 Å². The van der Waals surface area contributed by atoms with Gasteiger partial charge < -0.3 is 10.1 Å². The fraction of sp³-hybridized carbons (Fsp3) is 1.00. The van der Waals surface area contributed by atoms with Crippen LogP contribution >= 0.6 is 0 Å². The molecule has 0 aromatic heterocycles. The van der Waals surface area contributed by atoms with Gasteiger partial charge in [-0.25, -0.2) is 0 Å². The molecule has 0 aliphatic heterocycles. The molecule has 1 saturated carbocycles. The first-order valence-corrected chi connectivity index (χ1v) is 6.85. The molecule has 2 heteroatoms. The van der Waals surface area contributed by atoms with Crippen LogP contribution < -0.4 is 5.32 Å². The van der Waals surface area contributed by atoms with Crippen molar-refractivity contribution < 1.29 is 4.74 Å². The van der Waals surface area contributed by atoms with E-state index in [1.165, 1.54) is 38.5 Å². The first kappa shape index (κ1) is 14.0. The SMILES string of the molecule is CCCC(COC)NC1CCCCC1(C)C. The van der Waals surface area contributed by atoms with Crippen molar-refractivity contribution in [2.45, 2.75) is 71.4 Å². The molecule has 0 amide bonds. The van der Waals surface area contributed by atoms with Crippen molar-refractivity contribution in [2.24, 2.45) is 5.41 Å². The largest absolute Gasteiger partial charge is 0.383 e. The third-order valence-corrected chi connectivity index (χ3v) is 3.95. The maximum absolute atomic E-state index is 5.30. The van der Waals surface area contributed by atoms with Crippen LogP contribution in [-0.2, 0) is 4.74 Å². The number of ether oxygens (including phenoxy) is 1. The number of nitrogens with one attached hydrogen (secondary N) is 1. The second-order valence-electron chi connectivity index (χ2n) is 5.89. The van der Waals surface area contributed by atoms with E-state index in [0.717, 1.165) is 6.61 Å². The Morgan fingerprint density at radius 2 is 2.12 bits per heavy atom. The van der Waals surface area contributed by atoms with Gasteiger partial charge in [0.05, 0.1) is 6.61 Å². The third kappa shape index (κ3) is 4.06. The van der Waals surface area contributed by atoms with E-state index in [2.05, 4.69) is 26.1 Å². The Kier molecular flexibility index (Phi) is 5.77. The molecule has 1 fully saturated rings. The average Bonchev–Trinajstić information content (AvgIpc) is 2.22. The molecule has 2 nitrogen and oxygen atoms in total. The lowest BCUT2D eigenvalue weighted by molar-refractivity contribution is 0.112. The number of methoxy groups -OCH3 is 1. The van der Waals surface area contributed by atoms with Crippen molar-refractivity contribution in [3.05, 3.63) is 0 Å². The molecule has 0 aromatic rings. The van der Waals surface area contributed by atoms with Crippen LogP contribution in [0, 0.1) is 5.41 Å². The predicted molar refractivity (Wildman–Crippen MR) is 69.7 cm³/mol. The Bertz CT molecular complexity index is 185. The van der Waals surface area contributed by atoms with E-state index < -0.39 is 0 Å². The first-order valence-electron chi connectivity index (χ1n) is 6.85. The molecule has 0 heterocycles. The van der Waals surface area contributed by atoms with Gasteiger partial charge in [-0.15, -0.1) is 0 Å². The highest BCUT2D eigenvalue weighted by Crippen LogP contribution is 2.35. The van der Waals surface area contributed by atoms with E-state index in [4.69, 9.17) is 4.74 Å². The Morgan fingerprint density at radius 3 is 2.69 bits per heavy atom. The molecule has 2 unspecified atom stereocenters. The van der Waals surface area contributed by atoms with Crippen molar-refractivity contribution >= 4 is 0 Å². The zero-order valence-corrected chi connectivity index (χ0v) is 11.5. The second kappa shape index (κ2) is 6.61. The molecule has 1 aliphatic carbocycles. The Hall–Kier alpha value is -0.0800. The molecule has 1 aliphatic rings. The summed E-state index contributed by atoms with van der Waals surface area (Å²) in [4.78, 5) is 0. The highest BCUT2D eigenvalue weighted by atomic mass is 16.5. The number of hydrogen-bond acceptors (Lipinski definition) is 2. The predicted octanol–water partition coefficient (Wildman–Crippen LogP) is 3.36. The van der Waals surface area contributed by atoms with E-state index in [1.54, 1.807) is 7.11 Å². The highest BCUT2D eigenvalue weighted by molar-refractivity contribution is 4.89. The van der Waals surface area contributed by atoms with Crippen molar-refractivity contribution in [1.29, 1.82) is 0 Å². The average molecular weight is 227 g/mol. The minimum absolute atomic E-state index is 0.456. The summed E-state index contributed by atoms with van der Waals surface area (Å²) in [5.41, 5.74) is 0.456. The standard InChI is InChI=1S/C14H29NO/c1-5-8-12(11-16-4)15-13-9-6-7-10-14(13,2)3/h12-13,15H,5-11H2,1-4H3. The summed E-state index contributed by atoms with van der Waals surface area (Å²) in [5, 5.41) is 3.82. The zero-order chi connectivity index (χ0) is 12.0. The van der Waals surface area contributed by atoms with Gasteiger partial charge in [-0.1, -0.05) is 40.0 Å². The van der Waals surface area contributed by atoms with Crippen LogP contribution in [0.2, 0.25) is 0 Å². The molecule has 0 spiro atoms. The maximum Gasteiger partial charge on any atom is 0.0615 e. The van der Waals surface area contributed by atoms with Crippen LogP contribution in [0.5, 0.6) is 0 Å². The first-order chi connectivity index (χ1) is 7.60. The van der Waals surface area contributed by atoms with Gasteiger partial charge in [0, 0.05) is 19.2 Å². The van der Waals surface area contributed by atoms with Crippen molar-refractivity contribution in [2.75, 3.05) is 13.7 Å². The van der Waals surface area contributed by atoms with Gasteiger partial charge in [-0.2, -0.15) is 0 Å². The van der Waals surface area contributed by atoms with Crippen molar-refractivity contribution in [3.8, 4) is 0 Å². The quantitative estimate of drug-likeness (QED) is 0.751. The van der Waals surface area contributed by atoms with Crippen LogP contribution in [0.3, 0.4) is 0 Å². The molecule has 1 N–H and O–H groups in total. The minimum Gasteiger partial charge on any atom is -0.383 e. The molecule has 96 valence electrons. The fourth-order valence-electron chi connectivity index (χ4n) is 2.85. The van der Waals surface area contributed by atoms with Gasteiger partial charge in [0.2, 0.25) is 0 Å². The molecule has 0 radical (unpaired) electrons. The van der Waals surface area contributed by atoms with Gasteiger partial charge in [-0.05, 0) is 24.7 Å².